The monoisotopic (exact) mass is 371 g/mol. The predicted octanol–water partition coefficient (Wildman–Crippen LogP) is 2.41. The van der Waals surface area contributed by atoms with Crippen LogP contribution in [0, 0.1) is 20.2 Å². The smallest absolute Gasteiger partial charge is 0.291 e. The Balaban J connectivity index is 0.000000705. The first-order chi connectivity index (χ1) is 11.6. The summed E-state index contributed by atoms with van der Waals surface area (Å²) in [7, 11) is -3.52. The Morgan fingerprint density at radius 1 is 1.08 bits per heavy atom. The van der Waals surface area contributed by atoms with Gasteiger partial charge < -0.3 is 9.94 Å². The van der Waals surface area contributed by atoms with Gasteiger partial charge in [0, 0.05) is 6.07 Å². The summed E-state index contributed by atoms with van der Waals surface area (Å²) in [6.07, 6.45) is 0.987. The fraction of sp³-hybridized carbons (Fsp3) is 0.0769. The van der Waals surface area contributed by atoms with E-state index >= 15 is 0 Å². The number of nitrogens with zero attached hydrogens (tertiary/aromatic N) is 2. The number of ether oxygens (including phenoxy) is 1. The van der Waals surface area contributed by atoms with Crippen molar-refractivity contribution in [1.29, 1.82) is 0 Å². The number of non-ortho nitro benzene ring substituents is 1. The van der Waals surface area contributed by atoms with Crippen molar-refractivity contribution in [2.75, 3.05) is 11.0 Å². The molecule has 2 aromatic carbocycles. The number of hydrogen-bond donors (Lipinski definition) is 2. The van der Waals surface area contributed by atoms with Crippen LogP contribution in [-0.2, 0) is 10.0 Å². The van der Waals surface area contributed by atoms with Gasteiger partial charge in [-0.3, -0.25) is 14.8 Å². The average Bonchev–Trinajstić information content (AvgIpc) is 2.48. The number of anilines is 1. The summed E-state index contributed by atoms with van der Waals surface area (Å²) in [4.78, 5) is 18.6. The van der Waals surface area contributed by atoms with Gasteiger partial charge >= 0.3 is 0 Å². The summed E-state index contributed by atoms with van der Waals surface area (Å²) in [5, 5.41) is 24.5. The summed E-state index contributed by atoms with van der Waals surface area (Å²) in [5.41, 5.74) is -0.0630. The van der Waals surface area contributed by atoms with E-state index in [-0.39, 0.29) is 17.1 Å². The first kappa shape index (κ1) is 19.6. The van der Waals surface area contributed by atoms with Gasteiger partial charge in [-0.1, -0.05) is 18.2 Å². The summed E-state index contributed by atoms with van der Waals surface area (Å²) < 4.78 is 30.4. The number of sulfonamides is 1. The number of benzene rings is 2. The van der Waals surface area contributed by atoms with Gasteiger partial charge in [0.2, 0.25) is 10.0 Å². The molecule has 2 N–H and O–H groups in total. The van der Waals surface area contributed by atoms with Crippen molar-refractivity contribution in [2.24, 2.45) is 0 Å². The van der Waals surface area contributed by atoms with Crippen molar-refractivity contribution in [3.8, 4) is 11.5 Å². The maximum atomic E-state index is 11.3. The van der Waals surface area contributed by atoms with Crippen molar-refractivity contribution < 1.29 is 28.4 Å². The van der Waals surface area contributed by atoms with Crippen LogP contribution in [-0.4, -0.2) is 29.9 Å². The second kappa shape index (κ2) is 8.44. The first-order valence-corrected chi connectivity index (χ1v) is 8.30. The third-order valence-electron chi connectivity index (χ3n) is 2.44. The number of nitro groups is 1. The Hall–Kier alpha value is -3.41. The molecule has 0 saturated heterocycles. The van der Waals surface area contributed by atoms with E-state index in [0.29, 0.717) is 5.75 Å². The van der Waals surface area contributed by atoms with Crippen LogP contribution in [0.25, 0.3) is 0 Å². The molecule has 11 nitrogen and oxygen atoms in total. The molecule has 0 spiro atoms. The molecule has 0 fully saturated rings. The van der Waals surface area contributed by atoms with Crippen LogP contribution in [0.4, 0.5) is 11.4 Å². The molecule has 0 unspecified atom stereocenters. The summed E-state index contributed by atoms with van der Waals surface area (Å²) in [6, 6.07) is 12.2. The molecule has 2 rings (SSSR count). The van der Waals surface area contributed by atoms with Gasteiger partial charge in [-0.15, -0.1) is 10.1 Å². The second-order valence-electron chi connectivity index (χ2n) is 4.46. The molecule has 25 heavy (non-hydrogen) atoms. The van der Waals surface area contributed by atoms with Gasteiger partial charge in [-0.25, -0.2) is 8.42 Å². The lowest BCUT2D eigenvalue weighted by Gasteiger charge is -2.11. The molecule has 0 radical (unpaired) electrons. The van der Waals surface area contributed by atoms with E-state index in [2.05, 4.69) is 4.72 Å². The topological polar surface area (TPSA) is 162 Å². The van der Waals surface area contributed by atoms with Crippen molar-refractivity contribution >= 4 is 21.4 Å². The highest BCUT2D eigenvalue weighted by Gasteiger charge is 2.15. The van der Waals surface area contributed by atoms with Crippen molar-refractivity contribution in [3.63, 3.8) is 0 Å². The lowest BCUT2D eigenvalue weighted by Crippen LogP contribution is -2.10. The second-order valence-corrected chi connectivity index (χ2v) is 6.21. The Morgan fingerprint density at radius 3 is 2.12 bits per heavy atom. The lowest BCUT2D eigenvalue weighted by atomic mass is 10.2. The van der Waals surface area contributed by atoms with Crippen LogP contribution >= 0.6 is 0 Å². The highest BCUT2D eigenvalue weighted by atomic mass is 32.2. The van der Waals surface area contributed by atoms with E-state index in [1.54, 1.807) is 30.3 Å². The molecule has 12 heteroatoms. The van der Waals surface area contributed by atoms with E-state index in [0.717, 1.165) is 6.26 Å². The van der Waals surface area contributed by atoms with E-state index in [9.17, 15) is 18.5 Å². The zero-order chi connectivity index (χ0) is 19.0. The third kappa shape index (κ3) is 7.60. The SMILES string of the molecule is CS(=O)(=O)Nc1ccc([N+](=O)[O-])cc1Oc1ccccc1.O=[N+]([O-])O. The molecule has 0 aliphatic heterocycles. The van der Waals surface area contributed by atoms with Crippen molar-refractivity contribution in [1.82, 2.24) is 0 Å². The lowest BCUT2D eigenvalue weighted by molar-refractivity contribution is -0.742. The zero-order valence-corrected chi connectivity index (χ0v) is 13.5. The molecule has 0 bridgehead atoms. The number of nitro benzene ring substituents is 1. The highest BCUT2D eigenvalue weighted by molar-refractivity contribution is 7.92. The minimum absolute atomic E-state index is 0.0563. The highest BCUT2D eigenvalue weighted by Crippen LogP contribution is 2.33. The minimum atomic E-state index is -3.52. The van der Waals surface area contributed by atoms with Crippen molar-refractivity contribution in [2.45, 2.75) is 0 Å². The minimum Gasteiger partial charge on any atom is -0.455 e. The Labute approximate surface area is 141 Å². The molecule has 0 aromatic heterocycles. The predicted molar refractivity (Wildman–Crippen MR) is 86.9 cm³/mol. The number of rotatable bonds is 5. The van der Waals surface area contributed by atoms with Crippen molar-refractivity contribution in [3.05, 3.63) is 68.8 Å². The number of hydrogen-bond acceptors (Lipinski definition) is 7. The largest absolute Gasteiger partial charge is 0.455 e. The molecular formula is C13H13N3O8S. The molecule has 0 amide bonds. The number of nitrogens with one attached hydrogen (secondary N) is 1. The van der Waals surface area contributed by atoms with Gasteiger partial charge in [0.25, 0.3) is 10.8 Å². The summed E-state index contributed by atoms with van der Waals surface area (Å²) in [5.74, 6) is 0.496. The number of para-hydroxylation sites is 1. The Morgan fingerprint density at radius 2 is 1.64 bits per heavy atom. The molecule has 0 aliphatic rings. The van der Waals surface area contributed by atoms with Gasteiger partial charge in [-0.05, 0) is 18.2 Å². The molecular weight excluding hydrogens is 358 g/mol. The Kier molecular flexibility index (Phi) is 6.63. The maximum absolute atomic E-state index is 11.3. The standard InChI is InChI=1S/C13H12N2O5S.HNO3/c1-21(18,19)14-12-8-7-10(15(16)17)9-13(12)20-11-5-3-2-4-6-11;2-1(3)4/h2-9,14H,1H3;(H,2,3,4). The normalized spacial score (nSPS) is 10.1. The van der Waals surface area contributed by atoms with E-state index in [1.165, 1.54) is 18.2 Å². The van der Waals surface area contributed by atoms with Crippen LogP contribution in [0.1, 0.15) is 0 Å². The van der Waals surface area contributed by atoms with E-state index < -0.39 is 20.0 Å². The first-order valence-electron chi connectivity index (χ1n) is 6.41. The van der Waals surface area contributed by atoms with Gasteiger partial charge in [0.1, 0.15) is 5.75 Å². The van der Waals surface area contributed by atoms with Gasteiger partial charge in [0.05, 0.1) is 22.9 Å². The fourth-order valence-corrected chi connectivity index (χ4v) is 2.18. The van der Waals surface area contributed by atoms with Crippen LogP contribution in [0.3, 0.4) is 0 Å². The van der Waals surface area contributed by atoms with Gasteiger partial charge in [0.15, 0.2) is 5.75 Å². The van der Waals surface area contributed by atoms with E-state index in [1.807, 2.05) is 0 Å². The molecule has 0 saturated carbocycles. The Bertz CT molecular complexity index is 851. The quantitative estimate of drug-likeness (QED) is 0.598. The molecule has 134 valence electrons. The molecule has 2 aromatic rings. The van der Waals surface area contributed by atoms with Crippen LogP contribution in [0.15, 0.2) is 48.5 Å². The maximum Gasteiger partial charge on any atom is 0.291 e. The molecule has 0 atom stereocenters. The van der Waals surface area contributed by atoms with Crippen LogP contribution in [0.5, 0.6) is 11.5 Å². The molecule has 0 aliphatic carbocycles. The summed E-state index contributed by atoms with van der Waals surface area (Å²) >= 11 is 0. The summed E-state index contributed by atoms with van der Waals surface area (Å²) in [6.45, 7) is 0. The van der Waals surface area contributed by atoms with Crippen LogP contribution in [0.2, 0.25) is 0 Å². The molecule has 0 heterocycles. The average molecular weight is 371 g/mol. The van der Waals surface area contributed by atoms with Crippen LogP contribution < -0.4 is 9.46 Å². The fourth-order valence-electron chi connectivity index (χ4n) is 1.61. The third-order valence-corrected chi connectivity index (χ3v) is 3.03. The van der Waals surface area contributed by atoms with E-state index in [4.69, 9.17) is 20.1 Å². The van der Waals surface area contributed by atoms with Gasteiger partial charge in [-0.2, -0.15) is 0 Å². The zero-order valence-electron chi connectivity index (χ0n) is 12.7.